The van der Waals surface area contributed by atoms with E-state index in [4.69, 9.17) is 0 Å². The first kappa shape index (κ1) is 25.6. The molecule has 2 aliphatic carbocycles. The Kier molecular flexibility index (Phi) is 8.09. The fourth-order valence-electron chi connectivity index (χ4n) is 6.32. The molecule has 35 heavy (non-hydrogen) atoms. The number of aromatic hydroxyl groups is 1. The molecule has 3 aliphatic rings. The predicted molar refractivity (Wildman–Crippen MR) is 132 cm³/mol. The number of hydrogen-bond donors (Lipinski definition) is 4. The highest BCUT2D eigenvalue weighted by molar-refractivity contribution is 6.06. The van der Waals surface area contributed by atoms with Gasteiger partial charge in [0.05, 0.1) is 31.2 Å². The quantitative estimate of drug-likeness (QED) is 0.333. The average Bonchev–Trinajstić information content (AvgIpc) is 3.11. The molecule has 1 aromatic rings. The lowest BCUT2D eigenvalue weighted by molar-refractivity contribution is -0.143. The number of hydrogen-bond acceptors (Lipinski definition) is 6. The van der Waals surface area contributed by atoms with Crippen LogP contribution in [-0.2, 0) is 9.59 Å². The van der Waals surface area contributed by atoms with Crippen molar-refractivity contribution < 1.29 is 30.0 Å². The molecule has 1 saturated carbocycles. The van der Waals surface area contributed by atoms with Crippen molar-refractivity contribution in [2.24, 2.45) is 17.8 Å². The first-order chi connectivity index (χ1) is 16.8. The lowest BCUT2D eigenvalue weighted by Crippen LogP contribution is -2.42. The Morgan fingerprint density at radius 3 is 2.54 bits per heavy atom. The number of carbonyl (C=O) groups is 2. The molecular formula is C28H37NO6. The fraction of sp³-hybridized carbons (Fsp3) is 0.571. The fourth-order valence-corrected chi connectivity index (χ4v) is 6.32. The molecule has 1 saturated heterocycles. The first-order valence-electron chi connectivity index (χ1n) is 12.8. The van der Waals surface area contributed by atoms with Crippen LogP contribution in [-0.4, -0.2) is 62.5 Å². The highest BCUT2D eigenvalue weighted by Crippen LogP contribution is 2.47. The second-order valence-electron chi connectivity index (χ2n) is 10.3. The van der Waals surface area contributed by atoms with Crippen molar-refractivity contribution in [3.05, 3.63) is 46.5 Å². The number of fused-ring (bicyclic) bond motifs is 1. The summed E-state index contributed by atoms with van der Waals surface area (Å²) in [5.74, 6) is -2.16. The standard InChI is InChI=1S/C28H37NO6/c1-17(12-18-6-5-9-21(32)13-18)10-11-24(33)25-19(15-30)14-22-26(23(25)16-31)28(35)29(27(22)34)20-7-3-2-4-8-20/h5-6,9,12-13,20,22-24,26,30-33H,2-4,7-8,10-11,14-16H2,1H3/b17-12+/t22-,23+,24-,26-/m1/s1. The van der Waals surface area contributed by atoms with E-state index in [9.17, 15) is 30.0 Å². The minimum absolute atomic E-state index is 0.0788. The van der Waals surface area contributed by atoms with Gasteiger partial charge in [-0.2, -0.15) is 0 Å². The summed E-state index contributed by atoms with van der Waals surface area (Å²) >= 11 is 0. The maximum atomic E-state index is 13.5. The number of carbonyl (C=O) groups excluding carboxylic acids is 2. The van der Waals surface area contributed by atoms with Gasteiger partial charge in [0.25, 0.3) is 0 Å². The Morgan fingerprint density at radius 2 is 1.89 bits per heavy atom. The SMILES string of the molecule is C/C(=C\c1cccc(O)c1)CC[C@@H](O)C1=C(CO)C[C@H]2C(=O)N(C3CCCCC3)C(=O)[C@H]2[C@H]1CO. The number of phenolic OH excluding ortho intramolecular Hbond substituents is 1. The molecule has 1 heterocycles. The summed E-state index contributed by atoms with van der Waals surface area (Å²) in [4.78, 5) is 28.2. The lowest BCUT2D eigenvalue weighted by atomic mass is 9.68. The summed E-state index contributed by atoms with van der Waals surface area (Å²) in [5, 5.41) is 41.3. The van der Waals surface area contributed by atoms with Crippen molar-refractivity contribution in [2.45, 2.75) is 70.4 Å². The molecule has 0 aromatic heterocycles. The van der Waals surface area contributed by atoms with Crippen LogP contribution in [0.5, 0.6) is 5.75 Å². The third-order valence-electron chi connectivity index (χ3n) is 8.00. The predicted octanol–water partition coefficient (Wildman–Crippen LogP) is 3.17. The largest absolute Gasteiger partial charge is 0.508 e. The van der Waals surface area contributed by atoms with Gasteiger partial charge < -0.3 is 20.4 Å². The molecule has 1 aromatic carbocycles. The van der Waals surface area contributed by atoms with Gasteiger partial charge in [-0.15, -0.1) is 0 Å². The number of benzene rings is 1. The number of phenols is 1. The maximum Gasteiger partial charge on any atom is 0.234 e. The minimum Gasteiger partial charge on any atom is -0.508 e. The smallest absolute Gasteiger partial charge is 0.234 e. The normalized spacial score (nSPS) is 26.9. The van der Waals surface area contributed by atoms with Gasteiger partial charge in [0.2, 0.25) is 11.8 Å². The summed E-state index contributed by atoms with van der Waals surface area (Å²) in [6.45, 7) is 1.28. The van der Waals surface area contributed by atoms with Crippen LogP contribution in [0.3, 0.4) is 0 Å². The number of amides is 2. The zero-order valence-electron chi connectivity index (χ0n) is 20.4. The molecular weight excluding hydrogens is 446 g/mol. The molecule has 190 valence electrons. The van der Waals surface area contributed by atoms with E-state index in [0.717, 1.165) is 43.2 Å². The van der Waals surface area contributed by atoms with E-state index in [-0.39, 0.29) is 43.2 Å². The van der Waals surface area contributed by atoms with Crippen molar-refractivity contribution in [1.29, 1.82) is 0 Å². The monoisotopic (exact) mass is 483 g/mol. The van der Waals surface area contributed by atoms with Crippen molar-refractivity contribution in [3.8, 4) is 5.75 Å². The number of aliphatic hydroxyl groups excluding tert-OH is 3. The van der Waals surface area contributed by atoms with Crippen LogP contribution in [0, 0.1) is 17.8 Å². The van der Waals surface area contributed by atoms with E-state index in [2.05, 4.69) is 0 Å². The first-order valence-corrected chi connectivity index (χ1v) is 12.8. The minimum atomic E-state index is -0.936. The molecule has 0 bridgehead atoms. The van der Waals surface area contributed by atoms with E-state index in [1.807, 2.05) is 19.1 Å². The van der Waals surface area contributed by atoms with Gasteiger partial charge in [0.1, 0.15) is 5.75 Å². The molecule has 0 radical (unpaired) electrons. The molecule has 4 rings (SSSR count). The van der Waals surface area contributed by atoms with Gasteiger partial charge in [-0.25, -0.2) is 0 Å². The van der Waals surface area contributed by atoms with Crippen LogP contribution in [0.15, 0.2) is 41.0 Å². The van der Waals surface area contributed by atoms with Crippen molar-refractivity contribution in [3.63, 3.8) is 0 Å². The number of rotatable bonds is 8. The Hall–Kier alpha value is -2.48. The Labute approximate surface area is 206 Å². The summed E-state index contributed by atoms with van der Waals surface area (Å²) in [7, 11) is 0. The molecule has 1 aliphatic heterocycles. The van der Waals surface area contributed by atoms with Gasteiger partial charge in [-0.3, -0.25) is 14.5 Å². The molecule has 4 N–H and O–H groups in total. The van der Waals surface area contributed by atoms with E-state index < -0.39 is 23.9 Å². The molecule has 2 amide bonds. The van der Waals surface area contributed by atoms with Crippen molar-refractivity contribution >= 4 is 17.9 Å². The zero-order chi connectivity index (χ0) is 25.1. The van der Waals surface area contributed by atoms with Crippen LogP contribution < -0.4 is 0 Å². The molecule has 0 spiro atoms. The van der Waals surface area contributed by atoms with Crippen LogP contribution in [0.4, 0.5) is 0 Å². The van der Waals surface area contributed by atoms with Crippen LogP contribution in [0.2, 0.25) is 0 Å². The van der Waals surface area contributed by atoms with Gasteiger partial charge in [0, 0.05) is 12.0 Å². The third kappa shape index (κ3) is 5.22. The van der Waals surface area contributed by atoms with Crippen LogP contribution >= 0.6 is 0 Å². The second kappa shape index (κ2) is 11.1. The number of likely N-dealkylation sites (tertiary alicyclic amines) is 1. The molecule has 7 heteroatoms. The lowest BCUT2D eigenvalue weighted by Gasteiger charge is -2.36. The molecule has 4 atom stereocenters. The highest BCUT2D eigenvalue weighted by Gasteiger charge is 2.56. The third-order valence-corrected chi connectivity index (χ3v) is 8.00. The van der Waals surface area contributed by atoms with E-state index in [0.29, 0.717) is 24.0 Å². The van der Waals surface area contributed by atoms with E-state index >= 15 is 0 Å². The van der Waals surface area contributed by atoms with Gasteiger partial charge >= 0.3 is 0 Å². The van der Waals surface area contributed by atoms with Crippen LogP contribution in [0.1, 0.15) is 63.9 Å². The summed E-state index contributed by atoms with van der Waals surface area (Å²) < 4.78 is 0. The number of nitrogens with zero attached hydrogens (tertiary/aromatic N) is 1. The number of imide groups is 1. The van der Waals surface area contributed by atoms with Gasteiger partial charge in [-0.05, 0) is 67.9 Å². The second-order valence-corrected chi connectivity index (χ2v) is 10.3. The number of allylic oxidation sites excluding steroid dienone is 1. The van der Waals surface area contributed by atoms with Gasteiger partial charge in [-0.1, -0.05) is 43.0 Å². The van der Waals surface area contributed by atoms with E-state index in [1.54, 1.807) is 18.2 Å². The number of aliphatic hydroxyl groups is 3. The van der Waals surface area contributed by atoms with Gasteiger partial charge in [0.15, 0.2) is 0 Å². The summed E-state index contributed by atoms with van der Waals surface area (Å²) in [6, 6.07) is 6.84. The summed E-state index contributed by atoms with van der Waals surface area (Å²) in [5.41, 5.74) is 2.96. The molecule has 0 unspecified atom stereocenters. The Morgan fingerprint density at radius 1 is 1.14 bits per heavy atom. The van der Waals surface area contributed by atoms with E-state index in [1.165, 1.54) is 4.90 Å². The zero-order valence-corrected chi connectivity index (χ0v) is 20.4. The highest BCUT2D eigenvalue weighted by atomic mass is 16.3. The maximum absolute atomic E-state index is 13.5. The average molecular weight is 484 g/mol. The Bertz CT molecular complexity index is 1010. The van der Waals surface area contributed by atoms with Crippen molar-refractivity contribution in [2.75, 3.05) is 13.2 Å². The Balaban J connectivity index is 1.52. The topological polar surface area (TPSA) is 118 Å². The molecule has 7 nitrogen and oxygen atoms in total. The summed E-state index contributed by atoms with van der Waals surface area (Å²) in [6.07, 6.45) is 6.93. The van der Waals surface area contributed by atoms with Crippen molar-refractivity contribution in [1.82, 2.24) is 4.90 Å². The molecule has 2 fully saturated rings. The van der Waals surface area contributed by atoms with Crippen LogP contribution in [0.25, 0.3) is 6.08 Å².